The number of aromatic nitrogens is 5. The van der Waals surface area contributed by atoms with E-state index < -0.39 is 5.82 Å². The van der Waals surface area contributed by atoms with Crippen LogP contribution in [-0.2, 0) is 0 Å². The molecule has 5 heterocycles. The lowest BCUT2D eigenvalue weighted by Gasteiger charge is -2.32. The van der Waals surface area contributed by atoms with E-state index in [-0.39, 0.29) is 5.82 Å². The second-order valence-electron chi connectivity index (χ2n) is 10.3. The van der Waals surface area contributed by atoms with Gasteiger partial charge >= 0.3 is 0 Å². The highest BCUT2D eigenvalue weighted by molar-refractivity contribution is 5.94. The van der Waals surface area contributed by atoms with E-state index in [0.29, 0.717) is 11.9 Å². The largest absolute Gasteiger partial charge is 0.341 e. The summed E-state index contributed by atoms with van der Waals surface area (Å²) in [6.07, 6.45) is 8.29. The molecule has 0 spiro atoms. The van der Waals surface area contributed by atoms with E-state index >= 15 is 0 Å². The van der Waals surface area contributed by atoms with Crippen LogP contribution in [0.15, 0.2) is 85.5 Å². The van der Waals surface area contributed by atoms with Crippen LogP contribution in [0.5, 0.6) is 0 Å². The Labute approximate surface area is 230 Å². The molecule has 8 heteroatoms. The van der Waals surface area contributed by atoms with Gasteiger partial charge in [0.25, 0.3) is 0 Å². The summed E-state index contributed by atoms with van der Waals surface area (Å²) in [4.78, 5) is 19.6. The number of hydrogen-bond donors (Lipinski definition) is 0. The number of fused-ring (bicyclic) bond motifs is 2. The van der Waals surface area contributed by atoms with Gasteiger partial charge in [0.05, 0.1) is 29.8 Å². The molecular weight excluding hydrogens is 506 g/mol. The van der Waals surface area contributed by atoms with Crippen LogP contribution in [0.4, 0.5) is 14.7 Å². The zero-order valence-electron chi connectivity index (χ0n) is 21.9. The van der Waals surface area contributed by atoms with Crippen LogP contribution in [0.2, 0.25) is 0 Å². The SMILES string of the molecule is Cc1cc(-c2cnc3cc(-c4ccc(C5CCN(c6ncc(F)cn6)CC5)cc4)ccn23)c2cc(F)ccc2n1. The van der Waals surface area contributed by atoms with Crippen LogP contribution in [0, 0.1) is 18.6 Å². The molecule has 0 atom stereocenters. The van der Waals surface area contributed by atoms with Crippen LogP contribution in [-0.4, -0.2) is 37.4 Å². The topological polar surface area (TPSA) is 59.2 Å². The molecule has 0 aliphatic carbocycles. The first-order chi connectivity index (χ1) is 19.5. The van der Waals surface area contributed by atoms with Crippen molar-refractivity contribution in [2.24, 2.45) is 0 Å². The number of hydrogen-bond acceptors (Lipinski definition) is 5. The molecule has 0 radical (unpaired) electrons. The van der Waals surface area contributed by atoms with E-state index in [1.165, 1.54) is 30.1 Å². The van der Waals surface area contributed by atoms with Gasteiger partial charge < -0.3 is 4.90 Å². The maximum absolute atomic E-state index is 14.1. The molecule has 6 aromatic rings. The number of nitrogens with zero attached hydrogens (tertiary/aromatic N) is 6. The molecule has 1 saturated heterocycles. The fourth-order valence-corrected chi connectivity index (χ4v) is 5.73. The summed E-state index contributed by atoms with van der Waals surface area (Å²) in [7, 11) is 0. The molecule has 0 saturated carbocycles. The lowest BCUT2D eigenvalue weighted by atomic mass is 9.88. The standard InChI is InChI=1S/C32H26F2N6/c1-20-14-28(27-16-25(33)6-7-29(27)38-20)30-19-35-31-15-24(10-13-40(30)31)22-4-2-21(3-5-22)23-8-11-39(12-9-23)32-36-17-26(34)18-37-32/h2-7,10,13-19,23H,8-9,11-12H2,1H3. The normalized spacial score (nSPS) is 14.3. The third kappa shape index (κ3) is 4.45. The van der Waals surface area contributed by atoms with Gasteiger partial charge in [-0.1, -0.05) is 24.3 Å². The first kappa shape index (κ1) is 24.3. The zero-order chi connectivity index (χ0) is 27.2. The Kier molecular flexibility index (Phi) is 5.95. The van der Waals surface area contributed by atoms with Crippen LogP contribution in [0.3, 0.4) is 0 Å². The van der Waals surface area contributed by atoms with Crippen molar-refractivity contribution in [2.75, 3.05) is 18.0 Å². The fraction of sp³-hybridized carbons (Fsp3) is 0.188. The molecule has 1 aliphatic rings. The third-order valence-corrected chi connectivity index (χ3v) is 7.79. The van der Waals surface area contributed by atoms with E-state index in [4.69, 9.17) is 0 Å². The van der Waals surface area contributed by atoms with Crippen molar-refractivity contribution >= 4 is 22.5 Å². The predicted molar refractivity (Wildman–Crippen MR) is 152 cm³/mol. The second-order valence-corrected chi connectivity index (χ2v) is 10.3. The quantitative estimate of drug-likeness (QED) is 0.245. The Bertz CT molecular complexity index is 1840. The van der Waals surface area contributed by atoms with Gasteiger partial charge in [0, 0.05) is 35.9 Å². The minimum absolute atomic E-state index is 0.286. The monoisotopic (exact) mass is 532 g/mol. The lowest BCUT2D eigenvalue weighted by molar-refractivity contribution is 0.498. The summed E-state index contributed by atoms with van der Waals surface area (Å²) in [6, 6.07) is 19.6. The zero-order valence-corrected chi connectivity index (χ0v) is 21.9. The van der Waals surface area contributed by atoms with Crippen molar-refractivity contribution in [1.29, 1.82) is 0 Å². The van der Waals surface area contributed by atoms with Crippen LogP contribution in [0.25, 0.3) is 38.9 Å². The lowest BCUT2D eigenvalue weighted by Crippen LogP contribution is -2.34. The van der Waals surface area contributed by atoms with Crippen LogP contribution < -0.4 is 4.90 Å². The minimum atomic E-state index is -0.416. The van der Waals surface area contributed by atoms with E-state index in [9.17, 15) is 8.78 Å². The number of imidazole rings is 1. The molecule has 0 N–H and O–H groups in total. The van der Waals surface area contributed by atoms with Gasteiger partial charge in [0.2, 0.25) is 5.95 Å². The smallest absolute Gasteiger partial charge is 0.225 e. The average Bonchev–Trinajstić information content (AvgIpc) is 3.41. The molecule has 0 bridgehead atoms. The van der Waals surface area contributed by atoms with E-state index in [2.05, 4.69) is 61.2 Å². The summed E-state index contributed by atoms with van der Waals surface area (Å²) >= 11 is 0. The van der Waals surface area contributed by atoms with Crippen molar-refractivity contribution in [3.05, 3.63) is 108 Å². The number of halogens is 2. The van der Waals surface area contributed by atoms with Gasteiger partial charge in [-0.05, 0) is 78.8 Å². The van der Waals surface area contributed by atoms with E-state index in [0.717, 1.165) is 70.6 Å². The summed E-state index contributed by atoms with van der Waals surface area (Å²) in [5.41, 5.74) is 7.79. The number of benzene rings is 2. The van der Waals surface area contributed by atoms with Gasteiger partial charge in [-0.25, -0.2) is 23.7 Å². The van der Waals surface area contributed by atoms with Gasteiger partial charge in [-0.2, -0.15) is 0 Å². The second kappa shape index (κ2) is 9.79. The minimum Gasteiger partial charge on any atom is -0.341 e. The highest BCUT2D eigenvalue weighted by atomic mass is 19.1. The molecule has 198 valence electrons. The number of piperidine rings is 1. The molecule has 0 amide bonds. The summed E-state index contributed by atoms with van der Waals surface area (Å²) < 4.78 is 29.3. The molecule has 1 fully saturated rings. The van der Waals surface area contributed by atoms with Crippen molar-refractivity contribution in [3.63, 3.8) is 0 Å². The molecular formula is C32H26F2N6. The summed E-state index contributed by atoms with van der Waals surface area (Å²) in [6.45, 7) is 3.63. The molecule has 1 aliphatic heterocycles. The highest BCUT2D eigenvalue weighted by Gasteiger charge is 2.22. The van der Waals surface area contributed by atoms with Gasteiger partial charge in [-0.15, -0.1) is 0 Å². The van der Waals surface area contributed by atoms with Crippen LogP contribution >= 0.6 is 0 Å². The molecule has 40 heavy (non-hydrogen) atoms. The molecule has 4 aromatic heterocycles. The predicted octanol–water partition coefficient (Wildman–Crippen LogP) is 6.98. The molecule has 6 nitrogen and oxygen atoms in total. The first-order valence-corrected chi connectivity index (χ1v) is 13.4. The van der Waals surface area contributed by atoms with Crippen molar-refractivity contribution in [1.82, 2.24) is 24.3 Å². The molecule has 7 rings (SSSR count). The highest BCUT2D eigenvalue weighted by Crippen LogP contribution is 2.33. The van der Waals surface area contributed by atoms with Gasteiger partial charge in [0.1, 0.15) is 11.5 Å². The summed E-state index contributed by atoms with van der Waals surface area (Å²) in [5, 5.41) is 0.767. The molecule has 2 aromatic carbocycles. The number of aryl methyl sites for hydroxylation is 1. The maximum atomic E-state index is 14.1. The van der Waals surface area contributed by atoms with E-state index in [1.807, 2.05) is 29.8 Å². The fourth-order valence-electron chi connectivity index (χ4n) is 5.73. The Balaban J connectivity index is 1.12. The third-order valence-electron chi connectivity index (χ3n) is 7.79. The first-order valence-electron chi connectivity index (χ1n) is 13.4. The molecule has 0 unspecified atom stereocenters. The average molecular weight is 533 g/mol. The van der Waals surface area contributed by atoms with Gasteiger partial charge in [0.15, 0.2) is 5.82 Å². The Hall–Kier alpha value is -4.72. The Morgan fingerprint density at radius 1 is 0.775 bits per heavy atom. The van der Waals surface area contributed by atoms with Crippen LogP contribution in [0.1, 0.15) is 30.0 Å². The number of rotatable bonds is 4. The Morgan fingerprint density at radius 2 is 1.55 bits per heavy atom. The Morgan fingerprint density at radius 3 is 2.33 bits per heavy atom. The maximum Gasteiger partial charge on any atom is 0.225 e. The van der Waals surface area contributed by atoms with Crippen molar-refractivity contribution in [2.45, 2.75) is 25.7 Å². The van der Waals surface area contributed by atoms with Crippen molar-refractivity contribution in [3.8, 4) is 22.4 Å². The summed E-state index contributed by atoms with van der Waals surface area (Å²) in [5.74, 6) is 0.352. The number of pyridine rings is 2. The van der Waals surface area contributed by atoms with Gasteiger partial charge in [-0.3, -0.25) is 9.38 Å². The van der Waals surface area contributed by atoms with Crippen molar-refractivity contribution < 1.29 is 8.78 Å². The van der Waals surface area contributed by atoms with E-state index in [1.54, 1.807) is 6.07 Å². The number of anilines is 1.